The first-order chi connectivity index (χ1) is 9.89. The van der Waals surface area contributed by atoms with Gasteiger partial charge in [-0.3, -0.25) is 0 Å². The molecule has 6 heteroatoms. The highest BCUT2D eigenvalue weighted by Crippen LogP contribution is 2.27. The van der Waals surface area contributed by atoms with Crippen LogP contribution in [0.5, 0.6) is 5.75 Å². The van der Waals surface area contributed by atoms with E-state index in [1.807, 2.05) is 26.0 Å². The summed E-state index contributed by atoms with van der Waals surface area (Å²) in [6.07, 6.45) is -4.68. The third-order valence-corrected chi connectivity index (χ3v) is 2.90. The van der Waals surface area contributed by atoms with Crippen LogP contribution in [-0.2, 0) is 0 Å². The molecule has 0 spiro atoms. The zero-order valence-corrected chi connectivity index (χ0v) is 11.7. The van der Waals surface area contributed by atoms with Crippen molar-refractivity contribution in [2.24, 2.45) is 0 Å². The van der Waals surface area contributed by atoms with Gasteiger partial charge in [0, 0.05) is 0 Å². The van der Waals surface area contributed by atoms with Gasteiger partial charge in [-0.1, -0.05) is 19.1 Å². The summed E-state index contributed by atoms with van der Waals surface area (Å²) in [4.78, 5) is 0. The van der Waals surface area contributed by atoms with Crippen molar-refractivity contribution < 1.29 is 22.3 Å². The summed E-state index contributed by atoms with van der Waals surface area (Å²) in [5, 5.41) is 3.24. The summed E-state index contributed by atoms with van der Waals surface area (Å²) in [5.41, 5.74) is 0.806. The number of nitrogens with one attached hydrogen (secondary N) is 1. The Morgan fingerprint density at radius 3 is 2.29 bits per heavy atom. The van der Waals surface area contributed by atoms with E-state index in [2.05, 4.69) is 10.1 Å². The molecule has 0 amide bonds. The fraction of sp³-hybridized carbons (Fsp3) is 0.333. The van der Waals surface area contributed by atoms with Crippen LogP contribution < -0.4 is 10.1 Å². The average molecular weight is 299 g/mol. The number of hydrogen-bond acceptors (Lipinski definition) is 3. The van der Waals surface area contributed by atoms with Crippen molar-refractivity contribution in [3.05, 3.63) is 53.5 Å². The molecule has 1 aromatic heterocycles. The summed E-state index contributed by atoms with van der Waals surface area (Å²) in [7, 11) is 0. The summed E-state index contributed by atoms with van der Waals surface area (Å²) in [6.45, 7) is 4.49. The Kier molecular flexibility index (Phi) is 4.57. The van der Waals surface area contributed by atoms with Gasteiger partial charge in [0.15, 0.2) is 0 Å². The first-order valence-corrected chi connectivity index (χ1v) is 6.54. The van der Waals surface area contributed by atoms with E-state index in [4.69, 9.17) is 4.42 Å². The van der Waals surface area contributed by atoms with Crippen molar-refractivity contribution in [3.63, 3.8) is 0 Å². The van der Waals surface area contributed by atoms with E-state index in [1.54, 1.807) is 12.1 Å². The van der Waals surface area contributed by atoms with Crippen molar-refractivity contribution in [2.45, 2.75) is 26.3 Å². The second-order valence-corrected chi connectivity index (χ2v) is 4.56. The molecule has 0 aliphatic heterocycles. The van der Waals surface area contributed by atoms with Crippen LogP contribution in [-0.4, -0.2) is 12.9 Å². The van der Waals surface area contributed by atoms with Gasteiger partial charge < -0.3 is 14.5 Å². The first kappa shape index (κ1) is 15.4. The highest BCUT2D eigenvalue weighted by Gasteiger charge is 2.31. The summed E-state index contributed by atoms with van der Waals surface area (Å²) in [5.74, 6) is 1.26. The topological polar surface area (TPSA) is 34.4 Å². The monoisotopic (exact) mass is 299 g/mol. The molecule has 0 saturated carbocycles. The summed E-state index contributed by atoms with van der Waals surface area (Å²) < 4.78 is 45.9. The van der Waals surface area contributed by atoms with E-state index >= 15 is 0 Å². The molecule has 0 bridgehead atoms. The molecular formula is C15H16F3NO2. The lowest BCUT2D eigenvalue weighted by molar-refractivity contribution is -0.274. The summed E-state index contributed by atoms with van der Waals surface area (Å²) >= 11 is 0. The van der Waals surface area contributed by atoms with E-state index in [0.29, 0.717) is 6.54 Å². The standard InChI is InChI=1S/C15H16F3NO2/c1-3-19-14(13-9-4-10(2)20-13)11-5-7-12(8-6-11)21-15(16,17)18/h4-9,14,19H,3H2,1-2H3. The molecule has 0 fully saturated rings. The molecule has 1 N–H and O–H groups in total. The molecule has 0 aliphatic carbocycles. The molecular weight excluding hydrogens is 283 g/mol. The van der Waals surface area contributed by atoms with E-state index in [0.717, 1.165) is 17.1 Å². The van der Waals surface area contributed by atoms with Gasteiger partial charge in [0.1, 0.15) is 17.3 Å². The fourth-order valence-corrected chi connectivity index (χ4v) is 2.06. The molecule has 0 saturated heterocycles. The maximum absolute atomic E-state index is 12.1. The van der Waals surface area contributed by atoms with Gasteiger partial charge in [-0.05, 0) is 43.3 Å². The van der Waals surface area contributed by atoms with Gasteiger partial charge in [0.2, 0.25) is 0 Å². The highest BCUT2D eigenvalue weighted by molar-refractivity contribution is 5.33. The quantitative estimate of drug-likeness (QED) is 0.899. The number of halogens is 3. The largest absolute Gasteiger partial charge is 0.573 e. The minimum Gasteiger partial charge on any atom is -0.464 e. The number of alkyl halides is 3. The van der Waals surface area contributed by atoms with Crippen LogP contribution in [0.3, 0.4) is 0 Å². The molecule has 1 heterocycles. The second-order valence-electron chi connectivity index (χ2n) is 4.56. The van der Waals surface area contributed by atoms with Crippen LogP contribution in [0, 0.1) is 6.92 Å². The first-order valence-electron chi connectivity index (χ1n) is 6.54. The molecule has 0 radical (unpaired) electrons. The maximum atomic E-state index is 12.1. The molecule has 2 rings (SSSR count). The Bertz CT molecular complexity index is 575. The Morgan fingerprint density at radius 1 is 1.14 bits per heavy atom. The lowest BCUT2D eigenvalue weighted by Crippen LogP contribution is -2.21. The second kappa shape index (κ2) is 6.22. The number of ether oxygens (including phenoxy) is 1. The lowest BCUT2D eigenvalue weighted by Gasteiger charge is -2.17. The van der Waals surface area contributed by atoms with E-state index in [-0.39, 0.29) is 11.8 Å². The predicted molar refractivity (Wildman–Crippen MR) is 72.1 cm³/mol. The van der Waals surface area contributed by atoms with Gasteiger partial charge in [-0.2, -0.15) is 0 Å². The molecule has 1 atom stereocenters. The number of rotatable bonds is 5. The normalized spacial score (nSPS) is 13.2. The van der Waals surface area contributed by atoms with Gasteiger partial charge in [-0.25, -0.2) is 0 Å². The Morgan fingerprint density at radius 2 is 1.81 bits per heavy atom. The Labute approximate surface area is 120 Å². The summed E-state index contributed by atoms with van der Waals surface area (Å²) in [6, 6.07) is 9.26. The van der Waals surface area contributed by atoms with Crippen LogP contribution in [0.1, 0.15) is 30.0 Å². The van der Waals surface area contributed by atoms with Gasteiger partial charge in [0.25, 0.3) is 0 Å². The van der Waals surface area contributed by atoms with Crippen molar-refractivity contribution >= 4 is 0 Å². The zero-order chi connectivity index (χ0) is 15.5. The van der Waals surface area contributed by atoms with E-state index in [9.17, 15) is 13.2 Å². The van der Waals surface area contributed by atoms with Crippen LogP contribution in [0.2, 0.25) is 0 Å². The minimum absolute atomic E-state index is 0.205. The number of aryl methyl sites for hydroxylation is 1. The highest BCUT2D eigenvalue weighted by atomic mass is 19.4. The lowest BCUT2D eigenvalue weighted by atomic mass is 10.0. The van der Waals surface area contributed by atoms with Gasteiger partial charge in [0.05, 0.1) is 6.04 Å². The van der Waals surface area contributed by atoms with Crippen LogP contribution in [0.4, 0.5) is 13.2 Å². The molecule has 0 aliphatic rings. The van der Waals surface area contributed by atoms with Crippen molar-refractivity contribution in [1.29, 1.82) is 0 Å². The van der Waals surface area contributed by atoms with Gasteiger partial charge >= 0.3 is 6.36 Å². The number of furan rings is 1. The van der Waals surface area contributed by atoms with Crippen molar-refractivity contribution in [1.82, 2.24) is 5.32 Å². The van der Waals surface area contributed by atoms with E-state index in [1.165, 1.54) is 12.1 Å². The third kappa shape index (κ3) is 4.26. The third-order valence-electron chi connectivity index (χ3n) is 2.90. The molecule has 114 valence electrons. The average Bonchev–Trinajstić information content (AvgIpc) is 2.82. The Hall–Kier alpha value is -1.95. The Balaban J connectivity index is 2.21. The molecule has 1 aromatic carbocycles. The van der Waals surface area contributed by atoms with Crippen molar-refractivity contribution in [2.75, 3.05) is 6.54 Å². The minimum atomic E-state index is -4.68. The number of hydrogen-bond donors (Lipinski definition) is 1. The zero-order valence-electron chi connectivity index (χ0n) is 11.7. The maximum Gasteiger partial charge on any atom is 0.573 e. The number of benzene rings is 1. The van der Waals surface area contributed by atoms with E-state index < -0.39 is 6.36 Å². The molecule has 3 nitrogen and oxygen atoms in total. The predicted octanol–water partition coefficient (Wildman–Crippen LogP) is 4.19. The smallest absolute Gasteiger partial charge is 0.464 e. The molecule has 21 heavy (non-hydrogen) atoms. The molecule has 2 aromatic rings. The molecule has 1 unspecified atom stereocenters. The van der Waals surface area contributed by atoms with Crippen LogP contribution in [0.15, 0.2) is 40.8 Å². The fourth-order valence-electron chi connectivity index (χ4n) is 2.06. The van der Waals surface area contributed by atoms with Crippen molar-refractivity contribution in [3.8, 4) is 5.75 Å². The van der Waals surface area contributed by atoms with Gasteiger partial charge in [-0.15, -0.1) is 13.2 Å². The van der Waals surface area contributed by atoms with Crippen LogP contribution in [0.25, 0.3) is 0 Å². The SMILES string of the molecule is CCNC(c1ccc(OC(F)(F)F)cc1)c1ccc(C)o1. The van der Waals surface area contributed by atoms with Crippen LogP contribution >= 0.6 is 0 Å².